The molecule has 2 unspecified atom stereocenters. The molecule has 1 fully saturated rings. The third kappa shape index (κ3) is 2.51. The molecular formula is C8H18OS. The Morgan fingerprint density at radius 2 is 2.20 bits per heavy atom. The fraction of sp³-hybridized carbons (Fsp3) is 1.00. The van der Waals surface area contributed by atoms with Gasteiger partial charge in [-0.3, -0.25) is 0 Å². The van der Waals surface area contributed by atoms with Crippen LogP contribution in [0.25, 0.3) is 0 Å². The van der Waals surface area contributed by atoms with Gasteiger partial charge in [0.2, 0.25) is 0 Å². The van der Waals surface area contributed by atoms with Gasteiger partial charge in [0.25, 0.3) is 0 Å². The minimum absolute atomic E-state index is 0. The molecule has 1 rings (SSSR count). The highest BCUT2D eigenvalue weighted by Gasteiger charge is 2.19. The van der Waals surface area contributed by atoms with Crippen LogP contribution in [0.3, 0.4) is 0 Å². The van der Waals surface area contributed by atoms with Crippen molar-refractivity contribution < 1.29 is 4.74 Å². The van der Waals surface area contributed by atoms with Gasteiger partial charge in [0, 0.05) is 13.2 Å². The van der Waals surface area contributed by atoms with Crippen molar-refractivity contribution in [1.29, 1.82) is 0 Å². The van der Waals surface area contributed by atoms with Gasteiger partial charge in [0.1, 0.15) is 0 Å². The van der Waals surface area contributed by atoms with Crippen LogP contribution < -0.4 is 0 Å². The van der Waals surface area contributed by atoms with E-state index in [1.54, 1.807) is 0 Å². The molecule has 1 aliphatic heterocycles. The monoisotopic (exact) mass is 162 g/mol. The van der Waals surface area contributed by atoms with Crippen LogP contribution in [0.2, 0.25) is 0 Å². The zero-order chi connectivity index (χ0) is 6.69. The molecule has 2 atom stereocenters. The molecule has 0 aromatic heterocycles. The van der Waals surface area contributed by atoms with Crippen LogP contribution in [0.1, 0.15) is 26.7 Å². The van der Waals surface area contributed by atoms with Gasteiger partial charge in [-0.1, -0.05) is 20.3 Å². The lowest BCUT2D eigenvalue weighted by Crippen LogP contribution is -2.24. The van der Waals surface area contributed by atoms with Gasteiger partial charge in [-0.25, -0.2) is 0 Å². The van der Waals surface area contributed by atoms with Gasteiger partial charge in [-0.15, -0.1) is 0 Å². The molecule has 0 bridgehead atoms. The Hall–Kier alpha value is 0.310. The molecular weight excluding hydrogens is 144 g/mol. The predicted octanol–water partition coefficient (Wildman–Crippen LogP) is 2.18. The normalized spacial score (nSPS) is 33.0. The van der Waals surface area contributed by atoms with Crippen LogP contribution in [0.4, 0.5) is 0 Å². The second-order valence-electron chi connectivity index (χ2n) is 3.01. The van der Waals surface area contributed by atoms with Gasteiger partial charge in [0.05, 0.1) is 0 Å². The largest absolute Gasteiger partial charge is 0.381 e. The lowest BCUT2D eigenvalue weighted by atomic mass is 9.88. The number of hydrogen-bond donors (Lipinski definition) is 0. The SMILES string of the molecule is CCC1CCOCC1C.S. The summed E-state index contributed by atoms with van der Waals surface area (Å²) < 4.78 is 5.31. The Kier molecular flexibility index (Phi) is 5.18. The third-order valence-corrected chi connectivity index (χ3v) is 2.34. The van der Waals surface area contributed by atoms with Crippen molar-refractivity contribution >= 4 is 13.5 Å². The first-order valence-corrected chi connectivity index (χ1v) is 3.92. The number of rotatable bonds is 1. The van der Waals surface area contributed by atoms with Gasteiger partial charge < -0.3 is 4.74 Å². The number of ether oxygens (including phenoxy) is 1. The zero-order valence-corrected chi connectivity index (χ0v) is 7.89. The maximum atomic E-state index is 5.31. The lowest BCUT2D eigenvalue weighted by Gasteiger charge is -2.27. The van der Waals surface area contributed by atoms with Crippen molar-refractivity contribution in [2.24, 2.45) is 11.8 Å². The molecule has 0 aliphatic carbocycles. The van der Waals surface area contributed by atoms with Gasteiger partial charge in [0.15, 0.2) is 0 Å². The molecule has 0 spiro atoms. The minimum Gasteiger partial charge on any atom is -0.381 e. The van der Waals surface area contributed by atoms with Crippen molar-refractivity contribution in [3.8, 4) is 0 Å². The topological polar surface area (TPSA) is 9.23 Å². The van der Waals surface area contributed by atoms with Crippen LogP contribution in [-0.4, -0.2) is 13.2 Å². The Bertz CT molecular complexity index is 85.3. The summed E-state index contributed by atoms with van der Waals surface area (Å²) in [6.07, 6.45) is 2.60. The van der Waals surface area contributed by atoms with Crippen molar-refractivity contribution in [3.05, 3.63) is 0 Å². The third-order valence-electron chi connectivity index (χ3n) is 2.34. The predicted molar refractivity (Wildman–Crippen MR) is 48.8 cm³/mol. The van der Waals surface area contributed by atoms with E-state index in [1.165, 1.54) is 12.8 Å². The average molecular weight is 162 g/mol. The summed E-state index contributed by atoms with van der Waals surface area (Å²) in [6.45, 7) is 6.53. The van der Waals surface area contributed by atoms with Crippen molar-refractivity contribution in [1.82, 2.24) is 0 Å². The van der Waals surface area contributed by atoms with Gasteiger partial charge in [-0.05, 0) is 18.3 Å². The lowest BCUT2D eigenvalue weighted by molar-refractivity contribution is 0.0232. The molecule has 1 nitrogen and oxygen atoms in total. The highest BCUT2D eigenvalue weighted by molar-refractivity contribution is 7.59. The first-order valence-electron chi connectivity index (χ1n) is 3.92. The van der Waals surface area contributed by atoms with E-state index in [4.69, 9.17) is 4.74 Å². The summed E-state index contributed by atoms with van der Waals surface area (Å²) >= 11 is 0. The Balaban J connectivity index is 0.000000810. The van der Waals surface area contributed by atoms with Gasteiger partial charge >= 0.3 is 0 Å². The maximum absolute atomic E-state index is 5.31. The molecule has 62 valence electrons. The molecule has 0 saturated carbocycles. The van der Waals surface area contributed by atoms with Crippen molar-refractivity contribution in [2.75, 3.05) is 13.2 Å². The van der Waals surface area contributed by atoms with Crippen LogP contribution >= 0.6 is 13.5 Å². The van der Waals surface area contributed by atoms with Crippen LogP contribution in [-0.2, 0) is 4.74 Å². The molecule has 0 N–H and O–H groups in total. The first-order chi connectivity index (χ1) is 4.34. The molecule has 0 aromatic rings. The van der Waals surface area contributed by atoms with Crippen LogP contribution in [0.5, 0.6) is 0 Å². The fourth-order valence-corrected chi connectivity index (χ4v) is 1.53. The summed E-state index contributed by atoms with van der Waals surface area (Å²) in [4.78, 5) is 0. The van der Waals surface area contributed by atoms with E-state index >= 15 is 0 Å². The highest BCUT2D eigenvalue weighted by Crippen LogP contribution is 2.23. The van der Waals surface area contributed by atoms with Crippen molar-refractivity contribution in [2.45, 2.75) is 26.7 Å². The van der Waals surface area contributed by atoms with E-state index in [2.05, 4.69) is 13.8 Å². The second kappa shape index (κ2) is 5.03. The molecule has 0 amide bonds. The molecule has 1 heterocycles. The number of hydrogen-bond acceptors (Lipinski definition) is 1. The Morgan fingerprint density at radius 3 is 2.60 bits per heavy atom. The smallest absolute Gasteiger partial charge is 0.0494 e. The first kappa shape index (κ1) is 10.3. The minimum atomic E-state index is 0. The Labute approximate surface area is 70.6 Å². The van der Waals surface area contributed by atoms with E-state index in [1.807, 2.05) is 0 Å². The standard InChI is InChI=1S/C8H16O.H2S/c1-3-8-4-5-9-6-7(8)2;/h7-8H,3-6H2,1-2H3;1H2. The van der Waals surface area contributed by atoms with E-state index in [0.29, 0.717) is 0 Å². The zero-order valence-electron chi connectivity index (χ0n) is 6.89. The van der Waals surface area contributed by atoms with Gasteiger partial charge in [-0.2, -0.15) is 13.5 Å². The summed E-state index contributed by atoms with van der Waals surface area (Å²) in [6, 6.07) is 0. The molecule has 0 aromatic carbocycles. The van der Waals surface area contributed by atoms with Crippen molar-refractivity contribution in [3.63, 3.8) is 0 Å². The molecule has 1 saturated heterocycles. The highest BCUT2D eigenvalue weighted by atomic mass is 32.1. The fourth-order valence-electron chi connectivity index (χ4n) is 1.53. The van der Waals surface area contributed by atoms with E-state index in [9.17, 15) is 0 Å². The molecule has 0 radical (unpaired) electrons. The summed E-state index contributed by atoms with van der Waals surface area (Å²) in [7, 11) is 0. The molecule has 10 heavy (non-hydrogen) atoms. The summed E-state index contributed by atoms with van der Waals surface area (Å²) in [5.41, 5.74) is 0. The van der Waals surface area contributed by atoms with E-state index < -0.39 is 0 Å². The maximum Gasteiger partial charge on any atom is 0.0494 e. The summed E-state index contributed by atoms with van der Waals surface area (Å²) in [5, 5.41) is 0. The molecule has 2 heteroatoms. The quantitative estimate of drug-likeness (QED) is 0.574. The van der Waals surface area contributed by atoms with E-state index in [-0.39, 0.29) is 13.5 Å². The molecule has 1 aliphatic rings. The van der Waals surface area contributed by atoms with E-state index in [0.717, 1.165) is 25.0 Å². The average Bonchev–Trinajstić information content (AvgIpc) is 1.89. The second-order valence-corrected chi connectivity index (χ2v) is 3.01. The van der Waals surface area contributed by atoms with Crippen LogP contribution in [0.15, 0.2) is 0 Å². The Morgan fingerprint density at radius 1 is 1.50 bits per heavy atom. The summed E-state index contributed by atoms with van der Waals surface area (Å²) in [5.74, 6) is 1.72. The van der Waals surface area contributed by atoms with Crippen LogP contribution in [0, 0.1) is 11.8 Å².